The van der Waals surface area contributed by atoms with Gasteiger partial charge in [0.25, 0.3) is 11.6 Å². The molecular formula is C21H24N2O7. The minimum Gasteiger partial charge on any atom is -0.495 e. The van der Waals surface area contributed by atoms with E-state index in [1.54, 1.807) is 0 Å². The van der Waals surface area contributed by atoms with E-state index in [4.69, 9.17) is 14.2 Å². The number of hydrogen-bond donors (Lipinski definition) is 1. The summed E-state index contributed by atoms with van der Waals surface area (Å²) in [7, 11) is 1.38. The number of carbonyl (C=O) groups excluding carboxylic acids is 2. The van der Waals surface area contributed by atoms with Gasteiger partial charge in [0.1, 0.15) is 11.5 Å². The van der Waals surface area contributed by atoms with E-state index >= 15 is 0 Å². The molecule has 2 aromatic rings. The van der Waals surface area contributed by atoms with Crippen molar-refractivity contribution in [2.24, 2.45) is 0 Å². The van der Waals surface area contributed by atoms with Crippen molar-refractivity contribution >= 4 is 23.3 Å². The minimum atomic E-state index is -1.09. The first-order valence-electron chi connectivity index (χ1n) is 9.39. The van der Waals surface area contributed by atoms with Gasteiger partial charge in [-0.05, 0) is 38.0 Å². The van der Waals surface area contributed by atoms with Gasteiger partial charge in [-0.3, -0.25) is 19.7 Å². The van der Waals surface area contributed by atoms with Crippen LogP contribution in [0, 0.1) is 10.1 Å². The van der Waals surface area contributed by atoms with Gasteiger partial charge in [-0.25, -0.2) is 0 Å². The Balaban J connectivity index is 1.95. The number of amides is 1. The SMILES string of the molecule is CCOc1ccccc1CCC(=O)O[C@H](C)C(=O)Nc1cc([N+](=O)[O-])ccc1OC. The molecule has 0 fully saturated rings. The van der Waals surface area contributed by atoms with Gasteiger partial charge < -0.3 is 19.5 Å². The second kappa shape index (κ2) is 10.8. The van der Waals surface area contributed by atoms with Gasteiger partial charge in [0.05, 0.1) is 24.3 Å². The highest BCUT2D eigenvalue weighted by molar-refractivity contribution is 5.96. The van der Waals surface area contributed by atoms with Crippen LogP contribution in [-0.4, -0.2) is 36.6 Å². The lowest BCUT2D eigenvalue weighted by atomic mass is 10.1. The molecule has 0 unspecified atom stereocenters. The number of anilines is 1. The van der Waals surface area contributed by atoms with Crippen molar-refractivity contribution in [2.45, 2.75) is 32.8 Å². The summed E-state index contributed by atoms with van der Waals surface area (Å²) < 4.78 is 15.8. The summed E-state index contributed by atoms with van der Waals surface area (Å²) in [5.74, 6) is -0.219. The molecule has 1 atom stereocenters. The summed E-state index contributed by atoms with van der Waals surface area (Å²) in [5.41, 5.74) is 0.781. The number of carbonyl (C=O) groups is 2. The molecule has 0 aromatic heterocycles. The zero-order valence-electron chi connectivity index (χ0n) is 17.0. The fourth-order valence-corrected chi connectivity index (χ4v) is 2.69. The number of nitro groups is 1. The van der Waals surface area contributed by atoms with Crippen molar-refractivity contribution < 1.29 is 28.7 Å². The molecule has 0 saturated heterocycles. The van der Waals surface area contributed by atoms with Crippen molar-refractivity contribution in [1.29, 1.82) is 0 Å². The number of nitrogens with zero attached hydrogens (tertiary/aromatic N) is 1. The lowest BCUT2D eigenvalue weighted by Crippen LogP contribution is -2.30. The summed E-state index contributed by atoms with van der Waals surface area (Å²) in [5, 5.41) is 13.4. The molecule has 9 heteroatoms. The van der Waals surface area contributed by atoms with E-state index in [-0.39, 0.29) is 23.5 Å². The number of para-hydroxylation sites is 1. The Kier molecular flexibility index (Phi) is 8.16. The number of nitrogens with one attached hydrogen (secondary N) is 1. The molecule has 2 rings (SSSR count). The van der Waals surface area contributed by atoms with Gasteiger partial charge in [0, 0.05) is 18.6 Å². The van der Waals surface area contributed by atoms with E-state index in [2.05, 4.69) is 5.32 Å². The first kappa shape index (κ1) is 22.7. The topological polar surface area (TPSA) is 117 Å². The molecular weight excluding hydrogens is 392 g/mol. The van der Waals surface area contributed by atoms with E-state index in [1.165, 1.54) is 32.2 Å². The molecule has 0 saturated carbocycles. The average Bonchev–Trinajstić information content (AvgIpc) is 2.73. The Labute approximate surface area is 174 Å². The van der Waals surface area contributed by atoms with Gasteiger partial charge in [-0.2, -0.15) is 0 Å². The first-order chi connectivity index (χ1) is 14.3. The van der Waals surface area contributed by atoms with Gasteiger partial charge in [-0.1, -0.05) is 18.2 Å². The van der Waals surface area contributed by atoms with E-state index < -0.39 is 22.9 Å². The number of ether oxygens (including phenoxy) is 3. The Morgan fingerprint density at radius 3 is 2.57 bits per heavy atom. The van der Waals surface area contributed by atoms with Crippen LogP contribution < -0.4 is 14.8 Å². The predicted octanol–water partition coefficient (Wildman–Crippen LogP) is 3.51. The largest absolute Gasteiger partial charge is 0.495 e. The molecule has 30 heavy (non-hydrogen) atoms. The van der Waals surface area contributed by atoms with Gasteiger partial charge in [-0.15, -0.1) is 0 Å². The fourth-order valence-electron chi connectivity index (χ4n) is 2.69. The molecule has 1 N–H and O–H groups in total. The van der Waals surface area contributed by atoms with Crippen molar-refractivity contribution in [3.8, 4) is 11.5 Å². The molecule has 0 bridgehead atoms. The number of nitro benzene ring substituents is 1. The number of non-ortho nitro benzene ring substituents is 1. The third-order valence-electron chi connectivity index (χ3n) is 4.20. The zero-order chi connectivity index (χ0) is 22.1. The van der Waals surface area contributed by atoms with Gasteiger partial charge in [0.2, 0.25) is 0 Å². The monoisotopic (exact) mass is 416 g/mol. The molecule has 0 radical (unpaired) electrons. The van der Waals surface area contributed by atoms with E-state index in [0.717, 1.165) is 5.56 Å². The van der Waals surface area contributed by atoms with Crippen molar-refractivity contribution in [3.63, 3.8) is 0 Å². The standard InChI is InChI=1S/C21H24N2O7/c1-4-29-18-8-6-5-7-15(18)9-12-20(24)30-14(2)21(25)22-17-13-16(23(26)27)10-11-19(17)28-3/h5-8,10-11,13-14H,4,9,12H2,1-3H3,(H,22,25)/t14-/m1/s1. The van der Waals surface area contributed by atoms with Crippen LogP contribution in [0.4, 0.5) is 11.4 Å². The second-order valence-corrected chi connectivity index (χ2v) is 6.30. The van der Waals surface area contributed by atoms with Crippen LogP contribution in [0.3, 0.4) is 0 Å². The summed E-state index contributed by atoms with van der Waals surface area (Å²) in [4.78, 5) is 34.9. The maximum atomic E-state index is 12.4. The molecule has 1 amide bonds. The smallest absolute Gasteiger partial charge is 0.306 e. The molecule has 0 heterocycles. The van der Waals surface area contributed by atoms with E-state index in [0.29, 0.717) is 18.8 Å². The third kappa shape index (κ3) is 6.20. The molecule has 2 aromatic carbocycles. The minimum absolute atomic E-state index is 0.0713. The normalized spacial score (nSPS) is 11.3. The van der Waals surface area contributed by atoms with Crippen LogP contribution in [0.25, 0.3) is 0 Å². The Morgan fingerprint density at radius 1 is 1.17 bits per heavy atom. The van der Waals surface area contributed by atoms with E-state index in [9.17, 15) is 19.7 Å². The van der Waals surface area contributed by atoms with Crippen molar-refractivity contribution in [1.82, 2.24) is 0 Å². The average molecular weight is 416 g/mol. The van der Waals surface area contributed by atoms with Gasteiger partial charge >= 0.3 is 5.97 Å². The predicted molar refractivity (Wildman–Crippen MR) is 110 cm³/mol. The molecule has 0 aliphatic heterocycles. The van der Waals surface area contributed by atoms with Crippen LogP contribution >= 0.6 is 0 Å². The molecule has 0 aliphatic carbocycles. The summed E-state index contributed by atoms with van der Waals surface area (Å²) in [6.45, 7) is 3.81. The summed E-state index contributed by atoms with van der Waals surface area (Å²) in [6, 6.07) is 11.2. The highest BCUT2D eigenvalue weighted by Gasteiger charge is 2.21. The number of benzene rings is 2. The lowest BCUT2D eigenvalue weighted by Gasteiger charge is -2.15. The quantitative estimate of drug-likeness (QED) is 0.358. The maximum absolute atomic E-state index is 12.4. The number of esters is 1. The number of methoxy groups -OCH3 is 1. The third-order valence-corrected chi connectivity index (χ3v) is 4.20. The second-order valence-electron chi connectivity index (χ2n) is 6.30. The van der Waals surface area contributed by atoms with Crippen LogP contribution in [0.1, 0.15) is 25.8 Å². The molecule has 9 nitrogen and oxygen atoms in total. The molecule has 0 aliphatic rings. The number of hydrogen-bond acceptors (Lipinski definition) is 7. The Bertz CT molecular complexity index is 914. The maximum Gasteiger partial charge on any atom is 0.306 e. The van der Waals surface area contributed by atoms with Crippen molar-refractivity contribution in [2.75, 3.05) is 19.0 Å². The Hall–Kier alpha value is -3.62. The summed E-state index contributed by atoms with van der Waals surface area (Å²) in [6.07, 6.45) is -0.618. The number of aryl methyl sites for hydroxylation is 1. The van der Waals surface area contributed by atoms with Gasteiger partial charge in [0.15, 0.2) is 6.10 Å². The summed E-state index contributed by atoms with van der Waals surface area (Å²) >= 11 is 0. The first-order valence-corrected chi connectivity index (χ1v) is 9.39. The zero-order valence-corrected chi connectivity index (χ0v) is 17.0. The lowest BCUT2D eigenvalue weighted by molar-refractivity contribution is -0.384. The van der Waals surface area contributed by atoms with Crippen LogP contribution in [0.2, 0.25) is 0 Å². The van der Waals surface area contributed by atoms with Crippen molar-refractivity contribution in [3.05, 3.63) is 58.1 Å². The molecule has 0 spiro atoms. The fraction of sp³-hybridized carbons (Fsp3) is 0.333. The van der Waals surface area contributed by atoms with Crippen LogP contribution in [0.15, 0.2) is 42.5 Å². The van der Waals surface area contributed by atoms with Crippen LogP contribution in [-0.2, 0) is 20.7 Å². The van der Waals surface area contributed by atoms with E-state index in [1.807, 2.05) is 31.2 Å². The highest BCUT2D eigenvalue weighted by Crippen LogP contribution is 2.29. The number of rotatable bonds is 10. The highest BCUT2D eigenvalue weighted by atomic mass is 16.6. The molecule has 160 valence electrons. The van der Waals surface area contributed by atoms with Crippen LogP contribution in [0.5, 0.6) is 11.5 Å². The Morgan fingerprint density at radius 2 is 1.90 bits per heavy atom.